The van der Waals surface area contributed by atoms with E-state index in [1.165, 1.54) is 6.20 Å². The fourth-order valence-electron chi connectivity index (χ4n) is 1.43. The third kappa shape index (κ3) is 2.40. The Morgan fingerprint density at radius 3 is 2.89 bits per heavy atom. The van der Waals surface area contributed by atoms with Crippen molar-refractivity contribution in [3.05, 3.63) is 39.9 Å². The van der Waals surface area contributed by atoms with E-state index in [9.17, 15) is 10.1 Å². The van der Waals surface area contributed by atoms with Gasteiger partial charge in [0, 0.05) is 18.9 Å². The fraction of sp³-hybridized carbons (Fsp3) is 0.200. The van der Waals surface area contributed by atoms with E-state index in [4.69, 9.17) is 11.6 Å². The van der Waals surface area contributed by atoms with Crippen molar-refractivity contribution in [2.75, 3.05) is 5.32 Å². The van der Waals surface area contributed by atoms with Crippen LogP contribution in [-0.4, -0.2) is 19.7 Å². The smallest absolute Gasteiger partial charge is 0.312 e. The van der Waals surface area contributed by atoms with E-state index >= 15 is 0 Å². The van der Waals surface area contributed by atoms with E-state index in [-0.39, 0.29) is 16.4 Å². The second kappa shape index (κ2) is 5.01. The van der Waals surface area contributed by atoms with E-state index in [2.05, 4.69) is 15.4 Å². The molecule has 0 aromatic carbocycles. The number of hydrogen-bond acceptors (Lipinski definition) is 5. The Balaban J connectivity index is 2.36. The first-order valence-electron chi connectivity index (χ1n) is 5.19. The lowest BCUT2D eigenvalue weighted by Gasteiger charge is -2.05. The van der Waals surface area contributed by atoms with E-state index in [0.717, 1.165) is 6.20 Å². The number of aromatic nitrogens is 3. The summed E-state index contributed by atoms with van der Waals surface area (Å²) >= 11 is 5.91. The van der Waals surface area contributed by atoms with Crippen LogP contribution in [-0.2, 0) is 6.54 Å². The molecule has 0 fully saturated rings. The Hall–Kier alpha value is -2.15. The third-order valence-corrected chi connectivity index (χ3v) is 2.59. The van der Waals surface area contributed by atoms with E-state index in [1.807, 2.05) is 6.92 Å². The highest BCUT2D eigenvalue weighted by Gasteiger charge is 2.18. The van der Waals surface area contributed by atoms with E-state index < -0.39 is 4.92 Å². The topological polar surface area (TPSA) is 85.9 Å². The normalized spacial score (nSPS) is 10.3. The molecule has 2 aromatic heterocycles. The molecule has 0 aliphatic rings. The minimum atomic E-state index is -0.536. The van der Waals surface area contributed by atoms with Crippen LogP contribution in [0.4, 0.5) is 17.1 Å². The van der Waals surface area contributed by atoms with Gasteiger partial charge in [0.15, 0.2) is 0 Å². The van der Waals surface area contributed by atoms with Gasteiger partial charge in [0.25, 0.3) is 0 Å². The summed E-state index contributed by atoms with van der Waals surface area (Å²) in [5.74, 6) is 0. The van der Waals surface area contributed by atoms with Gasteiger partial charge < -0.3 is 5.32 Å². The van der Waals surface area contributed by atoms with Gasteiger partial charge in [-0.05, 0) is 6.92 Å². The largest absolute Gasteiger partial charge is 0.346 e. The molecule has 0 aliphatic heterocycles. The molecule has 0 aliphatic carbocycles. The molecule has 0 saturated heterocycles. The summed E-state index contributed by atoms with van der Waals surface area (Å²) in [7, 11) is 0. The van der Waals surface area contributed by atoms with Crippen LogP contribution in [0.3, 0.4) is 0 Å². The van der Waals surface area contributed by atoms with Crippen molar-refractivity contribution in [3.63, 3.8) is 0 Å². The van der Waals surface area contributed by atoms with Crippen molar-refractivity contribution in [2.45, 2.75) is 13.5 Å². The molecule has 0 bridgehead atoms. The predicted molar refractivity (Wildman–Crippen MR) is 67.1 cm³/mol. The molecule has 18 heavy (non-hydrogen) atoms. The summed E-state index contributed by atoms with van der Waals surface area (Å²) in [6, 6.07) is 0. The van der Waals surface area contributed by atoms with Crippen molar-refractivity contribution >= 4 is 28.7 Å². The molecular formula is C10H10ClN5O2. The average Bonchev–Trinajstić information content (AvgIpc) is 2.79. The predicted octanol–water partition coefficient (Wildman–Crippen LogP) is 2.60. The molecule has 2 aromatic rings. The lowest BCUT2D eigenvalue weighted by atomic mass is 10.3. The molecule has 0 unspecified atom stereocenters. The Morgan fingerprint density at radius 2 is 2.28 bits per heavy atom. The molecule has 8 heteroatoms. The van der Waals surface area contributed by atoms with Gasteiger partial charge in [-0.1, -0.05) is 11.6 Å². The summed E-state index contributed by atoms with van der Waals surface area (Å²) < 4.78 is 1.70. The molecule has 1 N–H and O–H groups in total. The summed E-state index contributed by atoms with van der Waals surface area (Å²) in [5.41, 5.74) is 0.673. The fourth-order valence-corrected chi connectivity index (χ4v) is 1.63. The zero-order valence-corrected chi connectivity index (χ0v) is 10.3. The highest BCUT2D eigenvalue weighted by molar-refractivity contribution is 6.33. The number of nitrogens with zero attached hydrogens (tertiary/aromatic N) is 4. The quantitative estimate of drug-likeness (QED) is 0.680. The number of aryl methyl sites for hydroxylation is 1. The maximum Gasteiger partial charge on any atom is 0.312 e. The number of rotatable bonds is 4. The van der Waals surface area contributed by atoms with Gasteiger partial charge >= 0.3 is 5.69 Å². The Labute approximate surface area is 108 Å². The summed E-state index contributed by atoms with van der Waals surface area (Å²) in [6.45, 7) is 2.66. The van der Waals surface area contributed by atoms with Gasteiger partial charge in [0.1, 0.15) is 11.9 Å². The van der Waals surface area contributed by atoms with Crippen LogP contribution < -0.4 is 5.32 Å². The van der Waals surface area contributed by atoms with Crippen molar-refractivity contribution in [1.82, 2.24) is 14.8 Å². The van der Waals surface area contributed by atoms with Crippen molar-refractivity contribution < 1.29 is 4.92 Å². The highest BCUT2D eigenvalue weighted by Crippen LogP contribution is 2.33. The molecule has 0 atom stereocenters. The Kier molecular flexibility index (Phi) is 3.42. The lowest BCUT2D eigenvalue weighted by molar-refractivity contribution is -0.384. The number of anilines is 2. The maximum absolute atomic E-state index is 10.9. The second-order valence-electron chi connectivity index (χ2n) is 3.48. The maximum atomic E-state index is 10.9. The highest BCUT2D eigenvalue weighted by atomic mass is 35.5. The summed E-state index contributed by atoms with van der Waals surface area (Å²) in [4.78, 5) is 14.0. The average molecular weight is 268 g/mol. The van der Waals surface area contributed by atoms with Crippen LogP contribution in [0.1, 0.15) is 6.92 Å². The molecule has 7 nitrogen and oxygen atoms in total. The lowest BCUT2D eigenvalue weighted by Crippen LogP contribution is -1.98. The number of pyridine rings is 1. The first-order chi connectivity index (χ1) is 8.61. The number of hydrogen-bond donors (Lipinski definition) is 1. The van der Waals surface area contributed by atoms with Gasteiger partial charge in [-0.2, -0.15) is 5.10 Å². The SMILES string of the molecule is CCn1cc(Nc2c(Cl)cncc2[N+](=O)[O-])cn1. The minimum Gasteiger partial charge on any atom is -0.346 e. The summed E-state index contributed by atoms with van der Waals surface area (Å²) in [6.07, 6.45) is 5.81. The molecule has 94 valence electrons. The van der Waals surface area contributed by atoms with Crippen LogP contribution >= 0.6 is 11.6 Å². The zero-order valence-electron chi connectivity index (χ0n) is 9.50. The molecule has 2 rings (SSSR count). The van der Waals surface area contributed by atoms with Gasteiger partial charge in [-0.15, -0.1) is 0 Å². The number of halogens is 1. The van der Waals surface area contributed by atoms with Gasteiger partial charge in [-0.25, -0.2) is 0 Å². The monoisotopic (exact) mass is 267 g/mol. The number of nitro groups is 1. The first kappa shape index (κ1) is 12.3. The van der Waals surface area contributed by atoms with Crippen LogP contribution in [0.25, 0.3) is 0 Å². The van der Waals surface area contributed by atoms with Crippen LogP contribution in [0.2, 0.25) is 5.02 Å². The molecular weight excluding hydrogens is 258 g/mol. The standard InChI is InChI=1S/C10H10ClN5O2/c1-2-15-6-7(3-13-15)14-10-8(11)4-12-5-9(10)16(17)18/h3-6H,2H2,1H3,(H,12,14). The zero-order chi connectivity index (χ0) is 13.1. The van der Waals surface area contributed by atoms with Crippen LogP contribution in [0.15, 0.2) is 24.8 Å². The van der Waals surface area contributed by atoms with Crippen LogP contribution in [0, 0.1) is 10.1 Å². The Bertz CT molecular complexity index is 583. The molecule has 0 amide bonds. The van der Waals surface area contributed by atoms with E-state index in [0.29, 0.717) is 12.2 Å². The molecule has 2 heterocycles. The minimum absolute atomic E-state index is 0.174. The van der Waals surface area contributed by atoms with Crippen LogP contribution in [0.5, 0.6) is 0 Å². The van der Waals surface area contributed by atoms with Gasteiger partial charge in [0.05, 0.1) is 21.8 Å². The molecule has 0 saturated carbocycles. The Morgan fingerprint density at radius 1 is 1.50 bits per heavy atom. The van der Waals surface area contributed by atoms with Crippen molar-refractivity contribution in [1.29, 1.82) is 0 Å². The second-order valence-corrected chi connectivity index (χ2v) is 3.89. The third-order valence-electron chi connectivity index (χ3n) is 2.30. The van der Waals surface area contributed by atoms with Gasteiger partial charge in [-0.3, -0.25) is 19.8 Å². The summed E-state index contributed by atoms with van der Waals surface area (Å²) in [5, 5.41) is 18.0. The first-order valence-corrected chi connectivity index (χ1v) is 5.57. The van der Waals surface area contributed by atoms with Crippen molar-refractivity contribution in [2.24, 2.45) is 0 Å². The van der Waals surface area contributed by atoms with E-state index in [1.54, 1.807) is 17.1 Å². The molecule has 0 radical (unpaired) electrons. The molecule has 0 spiro atoms. The van der Waals surface area contributed by atoms with Crippen molar-refractivity contribution in [3.8, 4) is 0 Å². The van der Waals surface area contributed by atoms with Gasteiger partial charge in [0.2, 0.25) is 0 Å². The number of nitrogens with one attached hydrogen (secondary N) is 1.